The van der Waals surface area contributed by atoms with Gasteiger partial charge in [-0.05, 0) is 12.1 Å². The first-order valence-corrected chi connectivity index (χ1v) is 5.95. The summed E-state index contributed by atoms with van der Waals surface area (Å²) in [7, 11) is 1.56. The molecule has 0 atom stereocenters. The molecular formula is C13H14N4O3. The van der Waals surface area contributed by atoms with Crippen molar-refractivity contribution in [2.75, 3.05) is 7.11 Å². The second kappa shape index (κ2) is 6.54. The number of aliphatic hydroxyl groups is 1. The Morgan fingerprint density at radius 2 is 2.10 bits per heavy atom. The van der Waals surface area contributed by atoms with Crippen molar-refractivity contribution in [1.82, 2.24) is 15.0 Å². The SMILES string of the molecule is COc1ccccc1OCc1c(CO)nnn1CC#N. The van der Waals surface area contributed by atoms with E-state index in [1.807, 2.05) is 18.2 Å². The van der Waals surface area contributed by atoms with E-state index in [9.17, 15) is 5.11 Å². The molecular weight excluding hydrogens is 260 g/mol. The van der Waals surface area contributed by atoms with Gasteiger partial charge in [0.1, 0.15) is 24.5 Å². The molecule has 0 saturated heterocycles. The molecule has 2 rings (SSSR count). The van der Waals surface area contributed by atoms with Crippen LogP contribution < -0.4 is 9.47 Å². The summed E-state index contributed by atoms with van der Waals surface area (Å²) in [6.07, 6.45) is 0. The molecule has 1 aromatic carbocycles. The first-order valence-electron chi connectivity index (χ1n) is 5.95. The Kier molecular flexibility index (Phi) is 4.52. The Morgan fingerprint density at radius 3 is 2.75 bits per heavy atom. The van der Waals surface area contributed by atoms with Crippen LogP contribution in [0.5, 0.6) is 11.5 Å². The Balaban J connectivity index is 2.18. The van der Waals surface area contributed by atoms with Crippen LogP contribution in [0.1, 0.15) is 11.4 Å². The Labute approximate surface area is 116 Å². The van der Waals surface area contributed by atoms with Gasteiger partial charge in [-0.15, -0.1) is 5.10 Å². The van der Waals surface area contributed by atoms with E-state index in [2.05, 4.69) is 10.3 Å². The van der Waals surface area contributed by atoms with Crippen LogP contribution in [-0.2, 0) is 19.8 Å². The minimum absolute atomic E-state index is 0.0532. The third kappa shape index (κ3) is 2.87. The summed E-state index contributed by atoms with van der Waals surface area (Å²) >= 11 is 0. The van der Waals surface area contributed by atoms with E-state index in [1.165, 1.54) is 4.68 Å². The zero-order valence-corrected chi connectivity index (χ0v) is 11.0. The van der Waals surface area contributed by atoms with Crippen molar-refractivity contribution in [2.24, 2.45) is 0 Å². The molecule has 0 bridgehead atoms. The first-order chi connectivity index (χ1) is 9.80. The summed E-state index contributed by atoms with van der Waals surface area (Å²) in [5, 5.41) is 25.6. The van der Waals surface area contributed by atoms with E-state index in [0.717, 1.165) is 0 Å². The summed E-state index contributed by atoms with van der Waals surface area (Å²) < 4.78 is 12.2. The number of methoxy groups -OCH3 is 1. The first kappa shape index (κ1) is 13.8. The zero-order chi connectivity index (χ0) is 14.4. The number of aromatic nitrogens is 3. The van der Waals surface area contributed by atoms with Crippen LogP contribution in [-0.4, -0.2) is 27.2 Å². The predicted molar refractivity (Wildman–Crippen MR) is 68.9 cm³/mol. The van der Waals surface area contributed by atoms with Crippen molar-refractivity contribution in [2.45, 2.75) is 19.8 Å². The molecule has 0 unspecified atom stereocenters. The van der Waals surface area contributed by atoms with Gasteiger partial charge in [0, 0.05) is 0 Å². The molecule has 20 heavy (non-hydrogen) atoms. The number of hydrogen-bond acceptors (Lipinski definition) is 6. The highest BCUT2D eigenvalue weighted by molar-refractivity contribution is 5.39. The van der Waals surface area contributed by atoms with Gasteiger partial charge in [-0.25, -0.2) is 4.68 Å². The van der Waals surface area contributed by atoms with E-state index < -0.39 is 0 Å². The van der Waals surface area contributed by atoms with Gasteiger partial charge >= 0.3 is 0 Å². The summed E-state index contributed by atoms with van der Waals surface area (Å²) in [4.78, 5) is 0. The quantitative estimate of drug-likeness (QED) is 0.840. The maximum Gasteiger partial charge on any atom is 0.161 e. The van der Waals surface area contributed by atoms with Crippen LogP contribution in [0, 0.1) is 11.3 Å². The lowest BCUT2D eigenvalue weighted by Crippen LogP contribution is -2.09. The van der Waals surface area contributed by atoms with Crippen LogP contribution >= 0.6 is 0 Å². The number of hydrogen-bond donors (Lipinski definition) is 1. The molecule has 0 radical (unpaired) electrons. The third-order valence-electron chi connectivity index (χ3n) is 2.72. The van der Waals surface area contributed by atoms with Crippen molar-refractivity contribution in [3.05, 3.63) is 35.7 Å². The molecule has 1 heterocycles. The molecule has 1 N–H and O–H groups in total. The van der Waals surface area contributed by atoms with Gasteiger partial charge in [0.15, 0.2) is 11.5 Å². The molecule has 104 valence electrons. The monoisotopic (exact) mass is 274 g/mol. The van der Waals surface area contributed by atoms with Crippen molar-refractivity contribution >= 4 is 0 Å². The molecule has 2 aromatic rings. The van der Waals surface area contributed by atoms with Gasteiger partial charge in [-0.1, -0.05) is 17.3 Å². The van der Waals surface area contributed by atoms with Gasteiger partial charge < -0.3 is 14.6 Å². The molecule has 0 aliphatic heterocycles. The van der Waals surface area contributed by atoms with E-state index in [1.54, 1.807) is 19.2 Å². The Morgan fingerprint density at radius 1 is 1.35 bits per heavy atom. The van der Waals surface area contributed by atoms with Crippen molar-refractivity contribution in [3.63, 3.8) is 0 Å². The van der Waals surface area contributed by atoms with Crippen molar-refractivity contribution in [1.29, 1.82) is 5.26 Å². The second-order valence-corrected chi connectivity index (χ2v) is 3.90. The lowest BCUT2D eigenvalue weighted by atomic mass is 10.3. The summed E-state index contributed by atoms with van der Waals surface area (Å²) in [5.74, 6) is 1.18. The standard InChI is InChI=1S/C13H14N4O3/c1-19-12-4-2-3-5-13(12)20-9-11-10(8-18)15-16-17(11)7-6-14/h2-5,18H,7-9H2,1H3. The lowest BCUT2D eigenvalue weighted by Gasteiger charge is -2.11. The van der Waals surface area contributed by atoms with Crippen LogP contribution in [0.15, 0.2) is 24.3 Å². The highest BCUT2D eigenvalue weighted by Gasteiger charge is 2.13. The molecule has 0 aliphatic carbocycles. The van der Waals surface area contributed by atoms with E-state index >= 15 is 0 Å². The average molecular weight is 274 g/mol. The number of aliphatic hydroxyl groups excluding tert-OH is 1. The van der Waals surface area contributed by atoms with Crippen LogP contribution in [0.3, 0.4) is 0 Å². The van der Waals surface area contributed by atoms with Gasteiger partial charge in [0.2, 0.25) is 0 Å². The lowest BCUT2D eigenvalue weighted by molar-refractivity contribution is 0.256. The highest BCUT2D eigenvalue weighted by Crippen LogP contribution is 2.26. The third-order valence-corrected chi connectivity index (χ3v) is 2.72. The predicted octanol–water partition coefficient (Wildman–Crippen LogP) is 0.882. The number of nitriles is 1. The Hall–Kier alpha value is -2.59. The highest BCUT2D eigenvalue weighted by atomic mass is 16.5. The summed E-state index contributed by atoms with van der Waals surface area (Å²) in [5.41, 5.74) is 0.968. The van der Waals surface area contributed by atoms with E-state index in [-0.39, 0.29) is 19.8 Å². The number of rotatable bonds is 6. The summed E-state index contributed by atoms with van der Waals surface area (Å²) in [6.45, 7) is -0.0569. The Bertz CT molecular complexity index is 618. The zero-order valence-electron chi connectivity index (χ0n) is 11.0. The second-order valence-electron chi connectivity index (χ2n) is 3.90. The fraction of sp³-hybridized carbons (Fsp3) is 0.308. The largest absolute Gasteiger partial charge is 0.493 e. The van der Waals surface area contributed by atoms with Crippen molar-refractivity contribution < 1.29 is 14.6 Å². The van der Waals surface area contributed by atoms with E-state index in [4.69, 9.17) is 14.7 Å². The van der Waals surface area contributed by atoms with Crippen molar-refractivity contribution in [3.8, 4) is 17.6 Å². The smallest absolute Gasteiger partial charge is 0.161 e. The molecule has 0 amide bonds. The maximum absolute atomic E-state index is 9.22. The van der Waals surface area contributed by atoms with Gasteiger partial charge in [0.05, 0.1) is 19.8 Å². The minimum atomic E-state index is -0.254. The molecule has 0 fully saturated rings. The molecule has 0 saturated carbocycles. The van der Waals surface area contributed by atoms with Crippen LogP contribution in [0.4, 0.5) is 0 Å². The van der Waals surface area contributed by atoms with E-state index in [0.29, 0.717) is 22.9 Å². The summed E-state index contributed by atoms with van der Waals surface area (Å²) in [6, 6.07) is 9.21. The van der Waals surface area contributed by atoms with Gasteiger partial charge in [0.25, 0.3) is 0 Å². The number of nitrogens with zero attached hydrogens (tertiary/aromatic N) is 4. The molecule has 1 aromatic heterocycles. The topological polar surface area (TPSA) is 93.2 Å². The normalized spacial score (nSPS) is 10.1. The fourth-order valence-electron chi connectivity index (χ4n) is 1.73. The minimum Gasteiger partial charge on any atom is -0.493 e. The molecule has 0 aliphatic rings. The van der Waals surface area contributed by atoms with Gasteiger partial charge in [-0.3, -0.25) is 0 Å². The molecule has 7 nitrogen and oxygen atoms in total. The van der Waals surface area contributed by atoms with Crippen LogP contribution in [0.2, 0.25) is 0 Å². The average Bonchev–Trinajstić information content (AvgIpc) is 2.88. The van der Waals surface area contributed by atoms with Crippen LogP contribution in [0.25, 0.3) is 0 Å². The fourth-order valence-corrected chi connectivity index (χ4v) is 1.73. The number of benzene rings is 1. The molecule has 7 heteroatoms. The van der Waals surface area contributed by atoms with Gasteiger partial charge in [-0.2, -0.15) is 5.26 Å². The number of ether oxygens (including phenoxy) is 2. The molecule has 0 spiro atoms. The maximum atomic E-state index is 9.22. The number of para-hydroxylation sites is 2.